The molecule has 0 amide bonds. The maximum atomic E-state index is 3.64. The molecule has 1 N–H and O–H groups in total. The lowest BCUT2D eigenvalue weighted by Crippen LogP contribution is -2.38. The fourth-order valence-corrected chi connectivity index (χ4v) is 2.53. The first kappa shape index (κ1) is 12.4. The lowest BCUT2D eigenvalue weighted by molar-refractivity contribution is 0.166. The van der Waals surface area contributed by atoms with Crippen LogP contribution in [0.15, 0.2) is 0 Å². The maximum absolute atomic E-state index is 3.64. The van der Waals surface area contributed by atoms with Crippen molar-refractivity contribution in [2.75, 3.05) is 26.2 Å². The molecule has 1 atom stereocenters. The van der Waals surface area contributed by atoms with Crippen molar-refractivity contribution in [3.8, 4) is 0 Å². The van der Waals surface area contributed by atoms with Crippen LogP contribution >= 0.6 is 0 Å². The van der Waals surface area contributed by atoms with E-state index in [0.29, 0.717) is 0 Å². The first-order valence-electron chi connectivity index (χ1n) is 7.23. The summed E-state index contributed by atoms with van der Waals surface area (Å²) in [5.41, 5.74) is 0. The minimum Gasteiger partial charge on any atom is -0.314 e. The topological polar surface area (TPSA) is 15.3 Å². The molecule has 2 saturated carbocycles. The van der Waals surface area contributed by atoms with Crippen LogP contribution in [0.3, 0.4) is 0 Å². The second-order valence-electron chi connectivity index (χ2n) is 5.94. The van der Waals surface area contributed by atoms with Crippen molar-refractivity contribution in [3.63, 3.8) is 0 Å². The van der Waals surface area contributed by atoms with Gasteiger partial charge in [-0.15, -0.1) is 0 Å². The van der Waals surface area contributed by atoms with Crippen LogP contribution in [0.1, 0.15) is 46.0 Å². The normalized spacial score (nSPS) is 23.4. The summed E-state index contributed by atoms with van der Waals surface area (Å²) in [5, 5.41) is 3.64. The van der Waals surface area contributed by atoms with Crippen LogP contribution < -0.4 is 5.32 Å². The largest absolute Gasteiger partial charge is 0.314 e. The third-order valence-electron chi connectivity index (χ3n) is 4.09. The number of hydrogen-bond acceptors (Lipinski definition) is 2. The van der Waals surface area contributed by atoms with Gasteiger partial charge in [0.1, 0.15) is 0 Å². The summed E-state index contributed by atoms with van der Waals surface area (Å²) < 4.78 is 0. The summed E-state index contributed by atoms with van der Waals surface area (Å²) in [7, 11) is 0. The maximum Gasteiger partial charge on any atom is 0.00683 e. The lowest BCUT2D eigenvalue weighted by atomic mass is 9.85. The number of nitrogens with one attached hydrogen (secondary N) is 1. The van der Waals surface area contributed by atoms with E-state index in [1.165, 1.54) is 58.3 Å². The minimum atomic E-state index is 0.806. The molecule has 2 aliphatic rings. The van der Waals surface area contributed by atoms with Gasteiger partial charge in [-0.1, -0.05) is 20.3 Å². The highest BCUT2D eigenvalue weighted by atomic mass is 15.1. The standard InChI is InChI=1S/C14H28N2/c1-3-16(11-13-5-4-6-13)10-12(2)9-15-14-7-8-14/h12-15H,3-11H2,1-2H3. The van der Waals surface area contributed by atoms with E-state index in [1.54, 1.807) is 0 Å². The summed E-state index contributed by atoms with van der Waals surface area (Å²) >= 11 is 0. The van der Waals surface area contributed by atoms with E-state index in [1.807, 2.05) is 0 Å². The third kappa shape index (κ3) is 4.06. The van der Waals surface area contributed by atoms with E-state index in [9.17, 15) is 0 Å². The van der Waals surface area contributed by atoms with Crippen molar-refractivity contribution < 1.29 is 0 Å². The number of nitrogens with zero attached hydrogens (tertiary/aromatic N) is 1. The van der Waals surface area contributed by atoms with Gasteiger partial charge >= 0.3 is 0 Å². The van der Waals surface area contributed by atoms with Crippen LogP contribution in [-0.4, -0.2) is 37.1 Å². The van der Waals surface area contributed by atoms with E-state index in [4.69, 9.17) is 0 Å². The monoisotopic (exact) mass is 224 g/mol. The van der Waals surface area contributed by atoms with Crippen molar-refractivity contribution in [3.05, 3.63) is 0 Å². The zero-order valence-electron chi connectivity index (χ0n) is 11.0. The van der Waals surface area contributed by atoms with E-state index in [0.717, 1.165) is 17.9 Å². The van der Waals surface area contributed by atoms with Crippen LogP contribution in [0, 0.1) is 11.8 Å². The fraction of sp³-hybridized carbons (Fsp3) is 1.00. The molecule has 0 saturated heterocycles. The molecule has 1 unspecified atom stereocenters. The predicted molar refractivity (Wildman–Crippen MR) is 69.6 cm³/mol. The molecule has 0 radical (unpaired) electrons. The van der Waals surface area contributed by atoms with Crippen LogP contribution in [0.5, 0.6) is 0 Å². The van der Waals surface area contributed by atoms with Crippen LogP contribution in [0.25, 0.3) is 0 Å². The van der Waals surface area contributed by atoms with Gasteiger partial charge in [-0.05, 0) is 50.6 Å². The number of rotatable bonds is 8. The third-order valence-corrected chi connectivity index (χ3v) is 4.09. The van der Waals surface area contributed by atoms with Crippen molar-refractivity contribution in [2.45, 2.75) is 52.0 Å². The molecule has 2 nitrogen and oxygen atoms in total. The van der Waals surface area contributed by atoms with E-state index in [2.05, 4.69) is 24.1 Å². The zero-order chi connectivity index (χ0) is 11.4. The molecule has 2 fully saturated rings. The van der Waals surface area contributed by atoms with Gasteiger partial charge in [0.15, 0.2) is 0 Å². The Morgan fingerprint density at radius 2 is 2.00 bits per heavy atom. The zero-order valence-corrected chi connectivity index (χ0v) is 11.0. The van der Waals surface area contributed by atoms with Crippen LogP contribution in [-0.2, 0) is 0 Å². The van der Waals surface area contributed by atoms with E-state index < -0.39 is 0 Å². The Kier molecular flexibility index (Phi) is 4.66. The molecular weight excluding hydrogens is 196 g/mol. The molecule has 2 aliphatic carbocycles. The highest BCUT2D eigenvalue weighted by molar-refractivity contribution is 4.82. The van der Waals surface area contributed by atoms with Gasteiger partial charge in [0.2, 0.25) is 0 Å². The van der Waals surface area contributed by atoms with Crippen molar-refractivity contribution in [1.29, 1.82) is 0 Å². The van der Waals surface area contributed by atoms with Gasteiger partial charge in [0, 0.05) is 19.1 Å². The minimum absolute atomic E-state index is 0.806. The van der Waals surface area contributed by atoms with Gasteiger partial charge < -0.3 is 10.2 Å². The Balaban J connectivity index is 1.59. The molecule has 0 heterocycles. The fourth-order valence-electron chi connectivity index (χ4n) is 2.53. The molecule has 0 spiro atoms. The predicted octanol–water partition coefficient (Wildman–Crippen LogP) is 2.50. The summed E-state index contributed by atoms with van der Waals surface area (Å²) in [5.74, 6) is 1.82. The Hall–Kier alpha value is -0.0800. The number of hydrogen-bond donors (Lipinski definition) is 1. The van der Waals surface area contributed by atoms with Crippen LogP contribution in [0.2, 0.25) is 0 Å². The quantitative estimate of drug-likeness (QED) is 0.681. The first-order valence-corrected chi connectivity index (χ1v) is 7.23. The molecule has 0 aromatic carbocycles. The molecule has 16 heavy (non-hydrogen) atoms. The molecule has 0 aliphatic heterocycles. The second-order valence-corrected chi connectivity index (χ2v) is 5.94. The first-order chi connectivity index (χ1) is 7.78. The lowest BCUT2D eigenvalue weighted by Gasteiger charge is -2.33. The molecule has 2 heteroatoms. The van der Waals surface area contributed by atoms with E-state index >= 15 is 0 Å². The van der Waals surface area contributed by atoms with Crippen LogP contribution in [0.4, 0.5) is 0 Å². The summed E-state index contributed by atoms with van der Waals surface area (Å²) in [4.78, 5) is 2.66. The molecule has 0 aromatic rings. The average Bonchev–Trinajstić information content (AvgIpc) is 3.02. The smallest absolute Gasteiger partial charge is 0.00683 e. The van der Waals surface area contributed by atoms with Gasteiger partial charge in [-0.25, -0.2) is 0 Å². The van der Waals surface area contributed by atoms with Crippen molar-refractivity contribution >= 4 is 0 Å². The molecule has 0 aromatic heterocycles. The summed E-state index contributed by atoms with van der Waals surface area (Å²) in [6, 6.07) is 0.865. The van der Waals surface area contributed by atoms with Crippen molar-refractivity contribution in [2.24, 2.45) is 11.8 Å². The Morgan fingerprint density at radius 1 is 1.25 bits per heavy atom. The summed E-state index contributed by atoms with van der Waals surface area (Å²) in [6.07, 6.45) is 7.25. The Morgan fingerprint density at radius 3 is 2.50 bits per heavy atom. The molecule has 2 rings (SSSR count). The average molecular weight is 224 g/mol. The highest BCUT2D eigenvalue weighted by Gasteiger charge is 2.23. The molecule has 0 bridgehead atoms. The Labute approximate surface area is 101 Å². The second kappa shape index (κ2) is 6.02. The Bertz CT molecular complexity index is 197. The van der Waals surface area contributed by atoms with Crippen molar-refractivity contribution in [1.82, 2.24) is 10.2 Å². The van der Waals surface area contributed by atoms with Gasteiger partial charge in [0.05, 0.1) is 0 Å². The van der Waals surface area contributed by atoms with Gasteiger partial charge in [-0.2, -0.15) is 0 Å². The van der Waals surface area contributed by atoms with E-state index in [-0.39, 0.29) is 0 Å². The van der Waals surface area contributed by atoms with Gasteiger partial charge in [0.25, 0.3) is 0 Å². The summed E-state index contributed by atoms with van der Waals surface area (Å²) in [6.45, 7) is 9.77. The van der Waals surface area contributed by atoms with Gasteiger partial charge in [-0.3, -0.25) is 0 Å². The SMILES string of the molecule is CCN(CC(C)CNC1CC1)CC1CCC1. The molecular formula is C14H28N2. The molecule has 94 valence electrons. The highest BCUT2D eigenvalue weighted by Crippen LogP contribution is 2.27.